The largest absolute Gasteiger partial charge is 0.354 e. The quantitative estimate of drug-likeness (QED) is 0.590. The van der Waals surface area contributed by atoms with Gasteiger partial charge >= 0.3 is 5.69 Å². The van der Waals surface area contributed by atoms with E-state index in [4.69, 9.17) is 5.26 Å². The molecular formula is C13H14N6O2. The third kappa shape index (κ3) is 3.33. The highest BCUT2D eigenvalue weighted by molar-refractivity contribution is 5.65. The highest BCUT2D eigenvalue weighted by Crippen LogP contribution is 2.28. The van der Waals surface area contributed by atoms with Crippen LogP contribution in [-0.2, 0) is 6.54 Å². The summed E-state index contributed by atoms with van der Waals surface area (Å²) in [6.07, 6.45) is 7.47. The molecule has 2 aromatic heterocycles. The second-order valence-corrected chi connectivity index (χ2v) is 4.48. The van der Waals surface area contributed by atoms with Gasteiger partial charge in [-0.15, -0.1) is 0 Å². The maximum Gasteiger partial charge on any atom is 0.329 e. The lowest BCUT2D eigenvalue weighted by Gasteiger charge is -2.18. The molecular weight excluding hydrogens is 272 g/mol. The first-order valence-corrected chi connectivity index (χ1v) is 6.34. The van der Waals surface area contributed by atoms with Crippen LogP contribution in [0.4, 0.5) is 11.5 Å². The molecule has 0 aliphatic rings. The lowest BCUT2D eigenvalue weighted by Crippen LogP contribution is -2.22. The SMILES string of the molecule is CN(CCCn1ccnc1)c1nccc(C#N)c1[N+](=O)[O-]. The summed E-state index contributed by atoms with van der Waals surface area (Å²) in [6.45, 7) is 1.34. The van der Waals surface area contributed by atoms with E-state index in [1.807, 2.05) is 16.8 Å². The maximum atomic E-state index is 11.1. The van der Waals surface area contributed by atoms with Gasteiger partial charge in [0.1, 0.15) is 11.6 Å². The highest BCUT2D eigenvalue weighted by atomic mass is 16.6. The predicted octanol–water partition coefficient (Wildman–Crippen LogP) is 1.58. The van der Waals surface area contributed by atoms with Crippen LogP contribution in [0.3, 0.4) is 0 Å². The summed E-state index contributed by atoms with van der Waals surface area (Å²) in [5.74, 6) is 0.213. The van der Waals surface area contributed by atoms with Gasteiger partial charge in [-0.2, -0.15) is 5.26 Å². The van der Waals surface area contributed by atoms with Gasteiger partial charge in [0, 0.05) is 38.7 Å². The van der Waals surface area contributed by atoms with E-state index in [-0.39, 0.29) is 17.1 Å². The number of hydrogen-bond acceptors (Lipinski definition) is 6. The molecule has 21 heavy (non-hydrogen) atoms. The molecule has 0 aromatic carbocycles. The lowest BCUT2D eigenvalue weighted by atomic mass is 10.2. The second-order valence-electron chi connectivity index (χ2n) is 4.48. The number of hydrogen-bond donors (Lipinski definition) is 0. The van der Waals surface area contributed by atoms with Gasteiger partial charge < -0.3 is 9.47 Å². The third-order valence-electron chi connectivity index (χ3n) is 3.04. The van der Waals surface area contributed by atoms with Crippen LogP contribution >= 0.6 is 0 Å². The minimum absolute atomic E-state index is 0.0199. The first-order valence-electron chi connectivity index (χ1n) is 6.34. The fourth-order valence-corrected chi connectivity index (χ4v) is 2.01. The fourth-order valence-electron chi connectivity index (χ4n) is 2.01. The van der Waals surface area contributed by atoms with Crippen LogP contribution in [0.2, 0.25) is 0 Å². The normalized spacial score (nSPS) is 10.1. The fraction of sp³-hybridized carbons (Fsp3) is 0.308. The molecule has 0 amide bonds. The number of rotatable bonds is 6. The van der Waals surface area contributed by atoms with Crippen LogP contribution in [0.15, 0.2) is 31.0 Å². The van der Waals surface area contributed by atoms with Crippen molar-refractivity contribution in [3.63, 3.8) is 0 Å². The van der Waals surface area contributed by atoms with E-state index in [1.54, 1.807) is 24.5 Å². The van der Waals surface area contributed by atoms with Crippen molar-refractivity contribution in [3.05, 3.63) is 46.7 Å². The van der Waals surface area contributed by atoms with E-state index in [2.05, 4.69) is 9.97 Å². The molecule has 8 nitrogen and oxygen atoms in total. The number of imidazole rings is 1. The maximum absolute atomic E-state index is 11.1. The van der Waals surface area contributed by atoms with Gasteiger partial charge in [-0.25, -0.2) is 9.97 Å². The molecule has 0 aliphatic heterocycles. The van der Waals surface area contributed by atoms with Crippen molar-refractivity contribution in [1.29, 1.82) is 5.26 Å². The molecule has 0 spiro atoms. The van der Waals surface area contributed by atoms with Crippen LogP contribution in [0.1, 0.15) is 12.0 Å². The van der Waals surface area contributed by atoms with Gasteiger partial charge in [0.15, 0.2) is 0 Å². The Balaban J connectivity index is 2.10. The Morgan fingerprint density at radius 2 is 2.33 bits per heavy atom. The summed E-state index contributed by atoms with van der Waals surface area (Å²) in [5.41, 5.74) is -0.225. The van der Waals surface area contributed by atoms with Crippen LogP contribution in [-0.4, -0.2) is 33.1 Å². The monoisotopic (exact) mass is 286 g/mol. The van der Waals surface area contributed by atoms with Crippen molar-refractivity contribution in [2.75, 3.05) is 18.5 Å². The smallest absolute Gasteiger partial charge is 0.329 e. The molecule has 0 unspecified atom stereocenters. The summed E-state index contributed by atoms with van der Waals surface area (Å²) in [7, 11) is 1.73. The predicted molar refractivity (Wildman–Crippen MR) is 75.7 cm³/mol. The lowest BCUT2D eigenvalue weighted by molar-refractivity contribution is -0.384. The van der Waals surface area contributed by atoms with E-state index < -0.39 is 4.92 Å². The number of anilines is 1. The first-order chi connectivity index (χ1) is 10.1. The number of aryl methyl sites for hydroxylation is 1. The Hall–Kier alpha value is -2.95. The van der Waals surface area contributed by atoms with E-state index in [9.17, 15) is 10.1 Å². The molecule has 0 fully saturated rings. The molecule has 0 atom stereocenters. The molecule has 0 radical (unpaired) electrons. The number of nitrogens with zero attached hydrogens (tertiary/aromatic N) is 6. The minimum atomic E-state index is -0.562. The summed E-state index contributed by atoms with van der Waals surface area (Å²) in [6, 6.07) is 3.18. The van der Waals surface area contributed by atoms with E-state index >= 15 is 0 Å². The zero-order chi connectivity index (χ0) is 15.2. The Morgan fingerprint density at radius 3 is 2.95 bits per heavy atom. The van der Waals surface area contributed by atoms with Crippen molar-refractivity contribution in [3.8, 4) is 6.07 Å². The van der Waals surface area contributed by atoms with Crippen molar-refractivity contribution in [2.24, 2.45) is 0 Å². The number of aromatic nitrogens is 3. The Bertz CT molecular complexity index is 662. The Kier molecular flexibility index (Phi) is 4.46. The topological polar surface area (TPSA) is 101 Å². The van der Waals surface area contributed by atoms with Crippen molar-refractivity contribution in [2.45, 2.75) is 13.0 Å². The molecule has 0 bridgehead atoms. The van der Waals surface area contributed by atoms with E-state index in [1.165, 1.54) is 12.3 Å². The molecule has 8 heteroatoms. The summed E-state index contributed by atoms with van der Waals surface area (Å²) >= 11 is 0. The average Bonchev–Trinajstić information content (AvgIpc) is 2.99. The first kappa shape index (κ1) is 14.5. The van der Waals surface area contributed by atoms with Gasteiger partial charge in [-0.3, -0.25) is 10.1 Å². The second kappa shape index (κ2) is 6.47. The highest BCUT2D eigenvalue weighted by Gasteiger charge is 2.23. The van der Waals surface area contributed by atoms with Gasteiger partial charge in [0.05, 0.1) is 11.3 Å². The van der Waals surface area contributed by atoms with Crippen LogP contribution in [0.25, 0.3) is 0 Å². The Labute approximate surface area is 121 Å². The third-order valence-corrected chi connectivity index (χ3v) is 3.04. The zero-order valence-corrected chi connectivity index (χ0v) is 11.5. The van der Waals surface area contributed by atoms with Gasteiger partial charge in [0.25, 0.3) is 0 Å². The Morgan fingerprint density at radius 1 is 1.52 bits per heavy atom. The number of nitro groups is 1. The van der Waals surface area contributed by atoms with Crippen LogP contribution < -0.4 is 4.90 Å². The van der Waals surface area contributed by atoms with Gasteiger partial charge in [0.2, 0.25) is 5.82 Å². The summed E-state index contributed by atoms with van der Waals surface area (Å²) < 4.78 is 1.93. The molecule has 0 saturated carbocycles. The average molecular weight is 286 g/mol. The standard InChI is InChI=1S/C13H14N6O2/c1-17(6-2-7-18-8-5-15-10-18)13-12(19(20)21)11(9-14)3-4-16-13/h3-5,8,10H,2,6-7H2,1H3. The number of pyridine rings is 1. The molecule has 2 rings (SSSR count). The molecule has 0 saturated heterocycles. The van der Waals surface area contributed by atoms with Gasteiger partial charge in [-0.1, -0.05) is 0 Å². The van der Waals surface area contributed by atoms with Crippen LogP contribution in [0, 0.1) is 21.4 Å². The van der Waals surface area contributed by atoms with E-state index in [0.717, 1.165) is 13.0 Å². The van der Waals surface area contributed by atoms with Crippen LogP contribution in [0.5, 0.6) is 0 Å². The zero-order valence-electron chi connectivity index (χ0n) is 11.5. The van der Waals surface area contributed by atoms with E-state index in [0.29, 0.717) is 6.54 Å². The molecule has 0 N–H and O–H groups in total. The molecule has 2 aromatic rings. The summed E-state index contributed by atoms with van der Waals surface area (Å²) in [4.78, 5) is 20.3. The van der Waals surface area contributed by atoms with Crippen molar-refractivity contribution < 1.29 is 4.92 Å². The summed E-state index contributed by atoms with van der Waals surface area (Å²) in [5, 5.41) is 20.1. The molecule has 108 valence electrons. The van der Waals surface area contributed by atoms with Crippen molar-refractivity contribution >= 4 is 11.5 Å². The molecule has 0 aliphatic carbocycles. The minimum Gasteiger partial charge on any atom is -0.354 e. The van der Waals surface area contributed by atoms with Crippen molar-refractivity contribution in [1.82, 2.24) is 14.5 Å². The number of nitriles is 1. The molecule has 2 heterocycles. The van der Waals surface area contributed by atoms with Gasteiger partial charge in [-0.05, 0) is 12.5 Å².